The van der Waals surface area contributed by atoms with E-state index in [9.17, 15) is 4.79 Å². The Hall–Kier alpha value is -1.88. The summed E-state index contributed by atoms with van der Waals surface area (Å²) < 4.78 is 0. The van der Waals surface area contributed by atoms with E-state index in [1.165, 1.54) is 11.8 Å². The number of thiophene rings is 1. The first kappa shape index (κ1) is 11.6. The van der Waals surface area contributed by atoms with Crippen molar-refractivity contribution in [2.45, 2.75) is 13.5 Å². The molecule has 2 heterocycles. The SMILES string of the molecule is Cc1cscc1CNC(=O)c1ccnc(N)c1. The molecule has 2 rings (SSSR count). The predicted octanol–water partition coefficient (Wildman–Crippen LogP) is 1.96. The van der Waals surface area contributed by atoms with E-state index in [1.54, 1.807) is 23.5 Å². The van der Waals surface area contributed by atoms with Crippen LogP contribution in [0, 0.1) is 6.92 Å². The second-order valence-electron chi connectivity index (χ2n) is 3.73. The Morgan fingerprint density at radius 1 is 1.53 bits per heavy atom. The highest BCUT2D eigenvalue weighted by molar-refractivity contribution is 7.08. The van der Waals surface area contributed by atoms with Crippen molar-refractivity contribution in [3.05, 3.63) is 45.8 Å². The molecule has 1 amide bonds. The molecule has 0 saturated heterocycles. The summed E-state index contributed by atoms with van der Waals surface area (Å²) in [5, 5.41) is 6.95. The number of nitrogen functional groups attached to an aromatic ring is 1. The first-order chi connectivity index (χ1) is 8.16. The maximum absolute atomic E-state index is 11.8. The average Bonchev–Trinajstić information content (AvgIpc) is 2.72. The third-order valence-corrected chi connectivity index (χ3v) is 3.35. The van der Waals surface area contributed by atoms with Crippen LogP contribution < -0.4 is 11.1 Å². The number of carbonyl (C=O) groups is 1. The lowest BCUT2D eigenvalue weighted by Gasteiger charge is -2.05. The normalized spacial score (nSPS) is 10.2. The van der Waals surface area contributed by atoms with Gasteiger partial charge >= 0.3 is 0 Å². The number of aromatic nitrogens is 1. The Balaban J connectivity index is 2.01. The zero-order valence-electron chi connectivity index (χ0n) is 9.43. The van der Waals surface area contributed by atoms with Gasteiger partial charge in [0.05, 0.1) is 0 Å². The number of nitrogens with zero attached hydrogens (tertiary/aromatic N) is 1. The number of amides is 1. The van der Waals surface area contributed by atoms with E-state index in [1.807, 2.05) is 12.3 Å². The average molecular weight is 247 g/mol. The molecule has 0 radical (unpaired) electrons. The molecule has 0 aromatic carbocycles. The summed E-state index contributed by atoms with van der Waals surface area (Å²) in [4.78, 5) is 15.7. The van der Waals surface area contributed by atoms with E-state index >= 15 is 0 Å². The summed E-state index contributed by atoms with van der Waals surface area (Å²) in [5.74, 6) is 0.217. The molecular weight excluding hydrogens is 234 g/mol. The second kappa shape index (κ2) is 4.97. The summed E-state index contributed by atoms with van der Waals surface area (Å²) in [6, 6.07) is 3.21. The smallest absolute Gasteiger partial charge is 0.251 e. The van der Waals surface area contributed by atoms with E-state index in [4.69, 9.17) is 5.73 Å². The molecule has 0 aliphatic carbocycles. The monoisotopic (exact) mass is 247 g/mol. The maximum atomic E-state index is 11.8. The molecule has 0 aliphatic heterocycles. The topological polar surface area (TPSA) is 68.0 Å². The number of anilines is 1. The van der Waals surface area contributed by atoms with Gasteiger partial charge in [-0.1, -0.05) is 0 Å². The molecule has 0 bridgehead atoms. The van der Waals surface area contributed by atoms with E-state index in [0.717, 1.165) is 5.56 Å². The number of hydrogen-bond donors (Lipinski definition) is 2. The molecule has 0 unspecified atom stereocenters. The first-order valence-corrected chi connectivity index (χ1v) is 6.12. The largest absolute Gasteiger partial charge is 0.384 e. The maximum Gasteiger partial charge on any atom is 0.251 e. The Kier molecular flexibility index (Phi) is 3.39. The van der Waals surface area contributed by atoms with Crippen LogP contribution in [0.25, 0.3) is 0 Å². The van der Waals surface area contributed by atoms with Crippen LogP contribution in [0.15, 0.2) is 29.1 Å². The van der Waals surface area contributed by atoms with Crippen molar-refractivity contribution in [1.82, 2.24) is 10.3 Å². The fraction of sp³-hybridized carbons (Fsp3) is 0.167. The van der Waals surface area contributed by atoms with Gasteiger partial charge in [0.1, 0.15) is 5.82 Å². The Labute approximate surface area is 103 Å². The van der Waals surface area contributed by atoms with Crippen LogP contribution in [0.2, 0.25) is 0 Å². The number of nitrogens with two attached hydrogens (primary N) is 1. The van der Waals surface area contributed by atoms with Crippen LogP contribution in [0.5, 0.6) is 0 Å². The van der Waals surface area contributed by atoms with Gasteiger partial charge in [-0.3, -0.25) is 4.79 Å². The lowest BCUT2D eigenvalue weighted by Crippen LogP contribution is -2.23. The molecule has 4 nitrogen and oxygen atoms in total. The van der Waals surface area contributed by atoms with Crippen molar-refractivity contribution in [3.8, 4) is 0 Å². The van der Waals surface area contributed by atoms with Gasteiger partial charge in [0, 0.05) is 18.3 Å². The molecule has 5 heteroatoms. The number of hydrogen-bond acceptors (Lipinski definition) is 4. The lowest BCUT2D eigenvalue weighted by molar-refractivity contribution is 0.0951. The Bertz CT molecular complexity index is 536. The molecule has 2 aromatic heterocycles. The number of aryl methyl sites for hydroxylation is 1. The van der Waals surface area contributed by atoms with Gasteiger partial charge < -0.3 is 11.1 Å². The van der Waals surface area contributed by atoms with Crippen LogP contribution in [0.3, 0.4) is 0 Å². The van der Waals surface area contributed by atoms with E-state index in [0.29, 0.717) is 17.9 Å². The fourth-order valence-electron chi connectivity index (χ4n) is 1.44. The number of pyridine rings is 1. The molecule has 2 aromatic rings. The van der Waals surface area contributed by atoms with Gasteiger partial charge in [0.25, 0.3) is 5.91 Å². The summed E-state index contributed by atoms with van der Waals surface area (Å²) in [6.07, 6.45) is 1.53. The molecule has 0 aliphatic rings. The van der Waals surface area contributed by atoms with Crippen LogP contribution in [0.1, 0.15) is 21.5 Å². The molecule has 3 N–H and O–H groups in total. The van der Waals surface area contributed by atoms with Crippen molar-refractivity contribution >= 4 is 23.1 Å². The first-order valence-electron chi connectivity index (χ1n) is 5.18. The minimum atomic E-state index is -0.135. The quantitative estimate of drug-likeness (QED) is 0.871. The molecule has 0 saturated carbocycles. The number of nitrogens with one attached hydrogen (secondary N) is 1. The van der Waals surface area contributed by atoms with Crippen molar-refractivity contribution in [2.75, 3.05) is 5.73 Å². The predicted molar refractivity (Wildman–Crippen MR) is 68.9 cm³/mol. The Morgan fingerprint density at radius 2 is 2.35 bits per heavy atom. The molecule has 0 spiro atoms. The highest BCUT2D eigenvalue weighted by atomic mass is 32.1. The van der Waals surface area contributed by atoms with E-state index in [2.05, 4.69) is 15.7 Å². The Morgan fingerprint density at radius 3 is 3.00 bits per heavy atom. The molecule has 88 valence electrons. The number of carbonyl (C=O) groups excluding carboxylic acids is 1. The van der Waals surface area contributed by atoms with E-state index in [-0.39, 0.29) is 5.91 Å². The molecule has 0 atom stereocenters. The van der Waals surface area contributed by atoms with Crippen molar-refractivity contribution < 1.29 is 4.79 Å². The molecule has 17 heavy (non-hydrogen) atoms. The van der Waals surface area contributed by atoms with E-state index < -0.39 is 0 Å². The van der Waals surface area contributed by atoms with Crippen molar-refractivity contribution in [2.24, 2.45) is 0 Å². The summed E-state index contributed by atoms with van der Waals surface area (Å²) >= 11 is 1.63. The lowest BCUT2D eigenvalue weighted by atomic mass is 10.2. The second-order valence-corrected chi connectivity index (χ2v) is 4.48. The van der Waals surface area contributed by atoms with Crippen LogP contribution in [-0.4, -0.2) is 10.9 Å². The molecule has 0 fully saturated rings. The summed E-state index contributed by atoms with van der Waals surface area (Å²) in [5.41, 5.74) is 8.40. The van der Waals surface area contributed by atoms with Crippen LogP contribution in [0.4, 0.5) is 5.82 Å². The van der Waals surface area contributed by atoms with Crippen LogP contribution >= 0.6 is 11.3 Å². The zero-order valence-corrected chi connectivity index (χ0v) is 10.3. The van der Waals surface area contributed by atoms with Gasteiger partial charge in [-0.25, -0.2) is 4.98 Å². The van der Waals surface area contributed by atoms with Crippen molar-refractivity contribution in [1.29, 1.82) is 0 Å². The standard InChI is InChI=1S/C12H13N3OS/c1-8-6-17-7-10(8)5-15-12(16)9-2-3-14-11(13)4-9/h2-4,6-7H,5H2,1H3,(H2,13,14)(H,15,16). The fourth-order valence-corrected chi connectivity index (χ4v) is 2.29. The summed E-state index contributed by atoms with van der Waals surface area (Å²) in [6.45, 7) is 2.57. The van der Waals surface area contributed by atoms with Gasteiger partial charge in [-0.15, -0.1) is 0 Å². The van der Waals surface area contributed by atoms with Gasteiger partial charge in [0.2, 0.25) is 0 Å². The van der Waals surface area contributed by atoms with Crippen LogP contribution in [-0.2, 0) is 6.54 Å². The minimum Gasteiger partial charge on any atom is -0.384 e. The highest BCUT2D eigenvalue weighted by Gasteiger charge is 2.06. The van der Waals surface area contributed by atoms with Gasteiger partial charge in [-0.05, 0) is 40.9 Å². The van der Waals surface area contributed by atoms with Gasteiger partial charge in [0.15, 0.2) is 0 Å². The molecular formula is C12H13N3OS. The highest BCUT2D eigenvalue weighted by Crippen LogP contribution is 2.13. The third-order valence-electron chi connectivity index (χ3n) is 2.44. The third kappa shape index (κ3) is 2.82. The minimum absolute atomic E-state index is 0.135. The van der Waals surface area contributed by atoms with Crippen molar-refractivity contribution in [3.63, 3.8) is 0 Å². The summed E-state index contributed by atoms with van der Waals surface area (Å²) in [7, 11) is 0. The van der Waals surface area contributed by atoms with Gasteiger partial charge in [-0.2, -0.15) is 11.3 Å². The number of rotatable bonds is 3. The zero-order chi connectivity index (χ0) is 12.3.